The molecule has 1 nitrogen and oxygen atoms in total. The molecule has 1 atom stereocenters. The Morgan fingerprint density at radius 1 is 1.31 bits per heavy atom. The second kappa shape index (κ2) is 2.50. The summed E-state index contributed by atoms with van der Waals surface area (Å²) >= 11 is 0. The van der Waals surface area contributed by atoms with E-state index in [9.17, 15) is 0 Å². The minimum atomic E-state index is 0.265. The van der Waals surface area contributed by atoms with Crippen molar-refractivity contribution in [2.45, 2.75) is 39.2 Å². The maximum Gasteiger partial charge on any atom is 0.0411 e. The van der Waals surface area contributed by atoms with Gasteiger partial charge in [0.2, 0.25) is 0 Å². The van der Waals surface area contributed by atoms with Crippen LogP contribution in [0.4, 0.5) is 5.69 Å². The van der Waals surface area contributed by atoms with Crippen molar-refractivity contribution >= 4 is 5.69 Å². The van der Waals surface area contributed by atoms with Crippen molar-refractivity contribution in [3.8, 4) is 0 Å². The molecule has 0 fully saturated rings. The number of hydrogen-bond donors (Lipinski definition) is 1. The zero-order valence-electron chi connectivity index (χ0n) is 8.81. The van der Waals surface area contributed by atoms with Crippen LogP contribution in [0, 0.1) is 6.92 Å². The quantitative estimate of drug-likeness (QED) is 0.639. The molecule has 0 amide bonds. The maximum absolute atomic E-state index is 3.56. The average molecular weight is 175 g/mol. The van der Waals surface area contributed by atoms with Gasteiger partial charge in [-0.15, -0.1) is 0 Å². The van der Waals surface area contributed by atoms with Crippen LogP contribution in [0.5, 0.6) is 0 Å². The van der Waals surface area contributed by atoms with E-state index in [4.69, 9.17) is 0 Å². The zero-order chi connectivity index (χ0) is 9.64. The van der Waals surface area contributed by atoms with Gasteiger partial charge < -0.3 is 5.32 Å². The predicted molar refractivity (Wildman–Crippen MR) is 57.3 cm³/mol. The average Bonchev–Trinajstić information content (AvgIpc) is 2.28. The third-order valence-electron chi connectivity index (χ3n) is 3.41. The largest absolute Gasteiger partial charge is 0.381 e. The Bertz CT molecular complexity index is 339. The van der Waals surface area contributed by atoms with E-state index in [1.165, 1.54) is 16.8 Å². The second-order valence-electron chi connectivity index (χ2n) is 4.59. The highest BCUT2D eigenvalue weighted by molar-refractivity contribution is 5.65. The third kappa shape index (κ3) is 1.06. The molecule has 1 heterocycles. The molecule has 1 aliphatic rings. The molecule has 0 saturated heterocycles. The van der Waals surface area contributed by atoms with Gasteiger partial charge >= 0.3 is 0 Å². The SMILES string of the molecule is Cc1cccc2c1NC(C)C2(C)C. The van der Waals surface area contributed by atoms with Crippen molar-refractivity contribution in [2.75, 3.05) is 5.32 Å². The molecule has 70 valence electrons. The molecular weight excluding hydrogens is 158 g/mol. The first kappa shape index (κ1) is 8.61. The van der Waals surface area contributed by atoms with Crippen molar-refractivity contribution in [1.82, 2.24) is 0 Å². The number of para-hydroxylation sites is 1. The van der Waals surface area contributed by atoms with E-state index >= 15 is 0 Å². The Morgan fingerprint density at radius 2 is 2.00 bits per heavy atom. The van der Waals surface area contributed by atoms with Crippen LogP contribution < -0.4 is 5.32 Å². The summed E-state index contributed by atoms with van der Waals surface area (Å²) in [4.78, 5) is 0. The lowest BCUT2D eigenvalue weighted by atomic mass is 9.81. The van der Waals surface area contributed by atoms with Crippen LogP contribution in [0.15, 0.2) is 18.2 Å². The first-order chi connectivity index (χ1) is 6.03. The lowest BCUT2D eigenvalue weighted by Gasteiger charge is -2.23. The van der Waals surface area contributed by atoms with E-state index < -0.39 is 0 Å². The fraction of sp³-hybridized carbons (Fsp3) is 0.500. The van der Waals surface area contributed by atoms with Crippen LogP contribution >= 0.6 is 0 Å². The van der Waals surface area contributed by atoms with Gasteiger partial charge in [-0.05, 0) is 25.0 Å². The van der Waals surface area contributed by atoms with E-state index in [0.29, 0.717) is 6.04 Å². The van der Waals surface area contributed by atoms with Crippen LogP contribution in [-0.2, 0) is 5.41 Å². The van der Waals surface area contributed by atoms with Crippen LogP contribution in [-0.4, -0.2) is 6.04 Å². The van der Waals surface area contributed by atoms with E-state index in [1.54, 1.807) is 0 Å². The molecule has 1 aromatic carbocycles. The summed E-state index contributed by atoms with van der Waals surface area (Å²) < 4.78 is 0. The molecule has 1 N–H and O–H groups in total. The highest BCUT2D eigenvalue weighted by Gasteiger charge is 2.36. The molecule has 0 bridgehead atoms. The maximum atomic E-state index is 3.56. The number of anilines is 1. The Hall–Kier alpha value is -0.980. The van der Waals surface area contributed by atoms with Crippen molar-refractivity contribution in [3.05, 3.63) is 29.3 Å². The third-order valence-corrected chi connectivity index (χ3v) is 3.41. The van der Waals surface area contributed by atoms with Crippen molar-refractivity contribution in [1.29, 1.82) is 0 Å². The van der Waals surface area contributed by atoms with E-state index in [0.717, 1.165) is 0 Å². The molecule has 0 radical (unpaired) electrons. The molecule has 13 heavy (non-hydrogen) atoms. The minimum absolute atomic E-state index is 0.265. The van der Waals surface area contributed by atoms with Gasteiger partial charge in [0.25, 0.3) is 0 Å². The minimum Gasteiger partial charge on any atom is -0.381 e. The van der Waals surface area contributed by atoms with Gasteiger partial charge in [0.05, 0.1) is 0 Å². The molecule has 1 aromatic rings. The number of benzene rings is 1. The summed E-state index contributed by atoms with van der Waals surface area (Å²) in [6, 6.07) is 7.08. The summed E-state index contributed by atoms with van der Waals surface area (Å²) in [6.07, 6.45) is 0. The highest BCUT2D eigenvalue weighted by atomic mass is 15.0. The summed E-state index contributed by atoms with van der Waals surface area (Å²) in [5, 5.41) is 3.56. The van der Waals surface area contributed by atoms with Gasteiger partial charge in [0.1, 0.15) is 0 Å². The summed E-state index contributed by atoms with van der Waals surface area (Å²) in [5.74, 6) is 0. The van der Waals surface area contributed by atoms with Gasteiger partial charge in [0.15, 0.2) is 0 Å². The Labute approximate surface area is 80.2 Å². The number of rotatable bonds is 0. The fourth-order valence-corrected chi connectivity index (χ4v) is 2.03. The van der Waals surface area contributed by atoms with Crippen molar-refractivity contribution < 1.29 is 0 Å². The zero-order valence-corrected chi connectivity index (χ0v) is 8.81. The molecule has 1 unspecified atom stereocenters. The van der Waals surface area contributed by atoms with Crippen LogP contribution in [0.1, 0.15) is 31.9 Å². The van der Waals surface area contributed by atoms with Crippen molar-refractivity contribution in [2.24, 2.45) is 0 Å². The first-order valence-corrected chi connectivity index (χ1v) is 4.90. The Kier molecular flexibility index (Phi) is 1.66. The number of aryl methyl sites for hydroxylation is 1. The molecule has 0 aliphatic carbocycles. The molecule has 1 aliphatic heterocycles. The molecule has 0 aromatic heterocycles. The smallest absolute Gasteiger partial charge is 0.0411 e. The number of fused-ring (bicyclic) bond motifs is 1. The topological polar surface area (TPSA) is 12.0 Å². The van der Waals surface area contributed by atoms with Crippen LogP contribution in [0.2, 0.25) is 0 Å². The van der Waals surface area contributed by atoms with Gasteiger partial charge in [0, 0.05) is 17.1 Å². The van der Waals surface area contributed by atoms with Gasteiger partial charge in [-0.2, -0.15) is 0 Å². The lowest BCUT2D eigenvalue weighted by Crippen LogP contribution is -2.29. The van der Waals surface area contributed by atoms with E-state index in [1.807, 2.05) is 0 Å². The normalized spacial score (nSPS) is 23.8. The Balaban J connectivity index is 2.61. The lowest BCUT2D eigenvalue weighted by molar-refractivity contribution is 0.486. The van der Waals surface area contributed by atoms with Crippen LogP contribution in [0.3, 0.4) is 0 Å². The van der Waals surface area contributed by atoms with Gasteiger partial charge in [-0.1, -0.05) is 32.0 Å². The standard InChI is InChI=1S/C12H17N/c1-8-6-5-7-10-11(8)13-9(2)12(10,3)4/h5-7,9,13H,1-4H3. The fourth-order valence-electron chi connectivity index (χ4n) is 2.03. The monoisotopic (exact) mass is 175 g/mol. The van der Waals surface area contributed by atoms with E-state index in [2.05, 4.69) is 51.2 Å². The number of nitrogens with one attached hydrogen (secondary N) is 1. The second-order valence-corrected chi connectivity index (χ2v) is 4.59. The molecule has 0 spiro atoms. The highest BCUT2D eigenvalue weighted by Crippen LogP contribution is 2.41. The summed E-state index contributed by atoms with van der Waals surface area (Å²) in [7, 11) is 0. The molecule has 2 rings (SSSR count). The molecular formula is C12H17N. The molecule has 0 saturated carbocycles. The summed E-state index contributed by atoms with van der Waals surface area (Å²) in [5.41, 5.74) is 4.43. The van der Waals surface area contributed by atoms with E-state index in [-0.39, 0.29) is 5.41 Å². The van der Waals surface area contributed by atoms with Gasteiger partial charge in [-0.3, -0.25) is 0 Å². The van der Waals surface area contributed by atoms with Crippen LogP contribution in [0.25, 0.3) is 0 Å². The van der Waals surface area contributed by atoms with Gasteiger partial charge in [-0.25, -0.2) is 0 Å². The Morgan fingerprint density at radius 3 is 2.62 bits per heavy atom. The summed E-state index contributed by atoms with van der Waals surface area (Å²) in [6.45, 7) is 9.02. The number of hydrogen-bond acceptors (Lipinski definition) is 1. The first-order valence-electron chi connectivity index (χ1n) is 4.90. The van der Waals surface area contributed by atoms with Crippen molar-refractivity contribution in [3.63, 3.8) is 0 Å². The predicted octanol–water partition coefficient (Wildman–Crippen LogP) is 3.09. The molecule has 1 heteroatoms.